The van der Waals surface area contributed by atoms with Gasteiger partial charge >= 0.3 is 0 Å². The molecule has 7 nitrogen and oxygen atoms in total. The van der Waals surface area contributed by atoms with Gasteiger partial charge in [-0.2, -0.15) is 0 Å². The van der Waals surface area contributed by atoms with Crippen LogP contribution in [0.5, 0.6) is 5.75 Å². The van der Waals surface area contributed by atoms with Gasteiger partial charge in [-0.25, -0.2) is 0 Å². The lowest BCUT2D eigenvalue weighted by Gasteiger charge is -2.31. The van der Waals surface area contributed by atoms with E-state index in [-0.39, 0.29) is 17.4 Å². The van der Waals surface area contributed by atoms with Crippen molar-refractivity contribution >= 4 is 17.4 Å². The molecule has 180 valence electrons. The van der Waals surface area contributed by atoms with Crippen molar-refractivity contribution in [2.75, 3.05) is 39.4 Å². The average Bonchev–Trinajstić information content (AvgIpc) is 3.08. The summed E-state index contributed by atoms with van der Waals surface area (Å²) < 4.78 is 11.1. The molecule has 0 saturated carbocycles. The zero-order chi connectivity index (χ0) is 24.2. The molecular formula is C27H32N2O5. The topological polar surface area (TPSA) is 79.3 Å². The highest BCUT2D eigenvalue weighted by Crippen LogP contribution is 2.39. The molecule has 4 rings (SSSR count). The number of Topliss-reactive ketones (excluding diaryl/α,β-unsaturated/α-hetero) is 1. The third-order valence-corrected chi connectivity index (χ3v) is 6.19. The standard InChI is InChI=1S/C27H32N2O5/c1-18(2)34-22-10-8-21(9-11-22)25(30)23-24(20-6-4-19(3)5-7-20)29(27(32)26(23)31)13-12-28-14-16-33-17-15-28/h4-11,18,24,30H,12-17H2,1-3H3/b25-23-/t24-/m0/s1. The Morgan fingerprint density at radius 3 is 2.29 bits per heavy atom. The molecule has 7 heteroatoms. The molecule has 1 N–H and O–H groups in total. The van der Waals surface area contributed by atoms with E-state index in [1.807, 2.05) is 45.0 Å². The Morgan fingerprint density at radius 1 is 1.03 bits per heavy atom. The third-order valence-electron chi connectivity index (χ3n) is 6.19. The fourth-order valence-corrected chi connectivity index (χ4v) is 4.40. The zero-order valence-corrected chi connectivity index (χ0v) is 20.0. The van der Waals surface area contributed by atoms with Crippen molar-refractivity contribution in [1.29, 1.82) is 0 Å². The Hall–Kier alpha value is -3.16. The second-order valence-corrected chi connectivity index (χ2v) is 9.05. The second kappa shape index (κ2) is 10.4. The number of nitrogens with zero attached hydrogens (tertiary/aromatic N) is 2. The molecule has 2 aromatic rings. The molecule has 0 unspecified atom stereocenters. The highest BCUT2D eigenvalue weighted by molar-refractivity contribution is 6.46. The van der Waals surface area contributed by atoms with Crippen LogP contribution in [0.4, 0.5) is 0 Å². The van der Waals surface area contributed by atoms with Crippen LogP contribution in [0.3, 0.4) is 0 Å². The third kappa shape index (κ3) is 5.16. The molecule has 0 bridgehead atoms. The molecule has 0 aliphatic carbocycles. The fraction of sp³-hybridized carbons (Fsp3) is 0.407. The van der Waals surface area contributed by atoms with Gasteiger partial charge in [0.2, 0.25) is 0 Å². The molecule has 1 amide bonds. The summed E-state index contributed by atoms with van der Waals surface area (Å²) in [6, 6.07) is 14.0. The van der Waals surface area contributed by atoms with E-state index in [0.29, 0.717) is 37.6 Å². The number of hydrogen-bond acceptors (Lipinski definition) is 6. The largest absolute Gasteiger partial charge is 0.507 e. The average molecular weight is 465 g/mol. The van der Waals surface area contributed by atoms with Crippen molar-refractivity contribution in [3.63, 3.8) is 0 Å². The van der Waals surface area contributed by atoms with Gasteiger partial charge in [0.05, 0.1) is 30.9 Å². The summed E-state index contributed by atoms with van der Waals surface area (Å²) >= 11 is 0. The van der Waals surface area contributed by atoms with E-state index in [1.165, 1.54) is 0 Å². The smallest absolute Gasteiger partial charge is 0.295 e. The van der Waals surface area contributed by atoms with Crippen LogP contribution >= 0.6 is 0 Å². The lowest BCUT2D eigenvalue weighted by atomic mass is 9.94. The first-order valence-corrected chi connectivity index (χ1v) is 11.8. The summed E-state index contributed by atoms with van der Waals surface area (Å²) in [5.74, 6) is -0.741. The van der Waals surface area contributed by atoms with Gasteiger partial charge in [0.15, 0.2) is 0 Å². The number of aliphatic hydroxyl groups is 1. The summed E-state index contributed by atoms with van der Waals surface area (Å²) in [5, 5.41) is 11.2. The molecule has 1 atom stereocenters. The minimum Gasteiger partial charge on any atom is -0.507 e. The molecule has 2 aliphatic rings. The van der Waals surface area contributed by atoms with Gasteiger partial charge in [-0.1, -0.05) is 29.8 Å². The van der Waals surface area contributed by atoms with Crippen molar-refractivity contribution in [2.45, 2.75) is 32.9 Å². The van der Waals surface area contributed by atoms with Crippen LogP contribution in [0.25, 0.3) is 5.76 Å². The molecule has 0 spiro atoms. The van der Waals surface area contributed by atoms with Crippen molar-refractivity contribution in [2.24, 2.45) is 0 Å². The molecule has 2 heterocycles. The number of amides is 1. The van der Waals surface area contributed by atoms with Crippen molar-refractivity contribution in [1.82, 2.24) is 9.80 Å². The van der Waals surface area contributed by atoms with Gasteiger partial charge in [-0.15, -0.1) is 0 Å². The van der Waals surface area contributed by atoms with E-state index in [4.69, 9.17) is 9.47 Å². The number of aryl methyl sites for hydroxylation is 1. The van der Waals surface area contributed by atoms with E-state index >= 15 is 0 Å². The molecule has 2 aromatic carbocycles. The zero-order valence-electron chi connectivity index (χ0n) is 20.0. The van der Waals surface area contributed by atoms with Crippen molar-refractivity contribution in [3.05, 3.63) is 70.8 Å². The molecular weight excluding hydrogens is 432 g/mol. The molecule has 0 aromatic heterocycles. The number of aliphatic hydroxyl groups excluding tert-OH is 1. The normalized spacial score (nSPS) is 20.8. The van der Waals surface area contributed by atoms with E-state index in [1.54, 1.807) is 29.2 Å². The maximum Gasteiger partial charge on any atom is 0.295 e. The van der Waals surface area contributed by atoms with Gasteiger partial charge in [0.25, 0.3) is 11.7 Å². The number of likely N-dealkylation sites (tertiary alicyclic amines) is 1. The maximum absolute atomic E-state index is 13.2. The van der Waals surface area contributed by atoms with Crippen LogP contribution in [-0.4, -0.2) is 72.1 Å². The van der Waals surface area contributed by atoms with Crippen LogP contribution < -0.4 is 4.74 Å². The van der Waals surface area contributed by atoms with Crippen molar-refractivity contribution < 1.29 is 24.2 Å². The monoisotopic (exact) mass is 464 g/mol. The first-order valence-electron chi connectivity index (χ1n) is 11.8. The number of hydrogen-bond donors (Lipinski definition) is 1. The molecule has 34 heavy (non-hydrogen) atoms. The number of morpholine rings is 1. The highest BCUT2D eigenvalue weighted by Gasteiger charge is 2.46. The summed E-state index contributed by atoms with van der Waals surface area (Å²) in [6.45, 7) is 9.81. The number of benzene rings is 2. The molecule has 2 fully saturated rings. The van der Waals surface area contributed by atoms with Crippen LogP contribution in [0, 0.1) is 6.92 Å². The SMILES string of the molecule is Cc1ccc([C@H]2/C(=C(/O)c3ccc(OC(C)C)cc3)C(=O)C(=O)N2CCN2CCOCC2)cc1. The van der Waals surface area contributed by atoms with E-state index < -0.39 is 17.7 Å². The first-order chi connectivity index (χ1) is 16.3. The van der Waals surface area contributed by atoms with Gasteiger partial charge in [0.1, 0.15) is 11.5 Å². The van der Waals surface area contributed by atoms with Gasteiger partial charge in [0, 0.05) is 31.7 Å². The van der Waals surface area contributed by atoms with E-state index in [9.17, 15) is 14.7 Å². The van der Waals surface area contributed by atoms with E-state index in [2.05, 4.69) is 4.90 Å². The Morgan fingerprint density at radius 2 is 1.68 bits per heavy atom. The Bertz CT molecular complexity index is 1050. The predicted octanol–water partition coefficient (Wildman–Crippen LogP) is 3.54. The summed E-state index contributed by atoms with van der Waals surface area (Å²) in [4.78, 5) is 30.1. The number of rotatable bonds is 7. The lowest BCUT2D eigenvalue weighted by molar-refractivity contribution is -0.140. The van der Waals surface area contributed by atoms with Crippen LogP contribution in [-0.2, 0) is 14.3 Å². The molecule has 2 aliphatic heterocycles. The second-order valence-electron chi connectivity index (χ2n) is 9.05. The Balaban J connectivity index is 1.69. The first kappa shape index (κ1) is 24.0. The van der Waals surface area contributed by atoms with Crippen molar-refractivity contribution in [3.8, 4) is 5.75 Å². The maximum atomic E-state index is 13.2. The number of carbonyl (C=O) groups excluding carboxylic acids is 2. The number of ketones is 1. The van der Waals surface area contributed by atoms with Crippen LogP contribution in [0.2, 0.25) is 0 Å². The van der Waals surface area contributed by atoms with Gasteiger partial charge in [-0.3, -0.25) is 14.5 Å². The van der Waals surface area contributed by atoms with Gasteiger partial charge < -0.3 is 19.5 Å². The fourth-order valence-electron chi connectivity index (χ4n) is 4.40. The van der Waals surface area contributed by atoms with Crippen LogP contribution in [0.15, 0.2) is 54.1 Å². The van der Waals surface area contributed by atoms with E-state index in [0.717, 1.165) is 24.2 Å². The molecule has 2 saturated heterocycles. The number of ether oxygens (including phenoxy) is 2. The number of carbonyl (C=O) groups is 2. The predicted molar refractivity (Wildman–Crippen MR) is 130 cm³/mol. The minimum atomic E-state index is -0.660. The summed E-state index contributed by atoms with van der Waals surface area (Å²) in [5.41, 5.74) is 2.47. The summed E-state index contributed by atoms with van der Waals surface area (Å²) in [6.07, 6.45) is 0.0257. The summed E-state index contributed by atoms with van der Waals surface area (Å²) in [7, 11) is 0. The minimum absolute atomic E-state index is 0.0257. The van der Waals surface area contributed by atoms with Crippen LogP contribution in [0.1, 0.15) is 36.6 Å². The quantitative estimate of drug-likeness (QED) is 0.384. The van der Waals surface area contributed by atoms with Gasteiger partial charge in [-0.05, 0) is 50.6 Å². The Kier molecular flexibility index (Phi) is 7.34. The molecule has 0 radical (unpaired) electrons. The lowest BCUT2D eigenvalue weighted by Crippen LogP contribution is -2.42. The Labute approximate surface area is 200 Å². The highest BCUT2D eigenvalue weighted by atomic mass is 16.5.